The number of rotatable bonds is 5. The van der Waals surface area contributed by atoms with Gasteiger partial charge in [0.2, 0.25) is 0 Å². The molecular weight excluding hydrogens is 567 g/mol. The topological polar surface area (TPSA) is 73.8 Å². The van der Waals surface area contributed by atoms with Crippen molar-refractivity contribution in [2.45, 2.75) is 19.9 Å². The van der Waals surface area contributed by atoms with Gasteiger partial charge in [0.15, 0.2) is 4.80 Å². The highest BCUT2D eigenvalue weighted by Crippen LogP contribution is 2.35. The second-order valence-corrected chi connectivity index (χ2v) is 11.0. The van der Waals surface area contributed by atoms with Crippen molar-refractivity contribution >= 4 is 57.4 Å². The first-order valence-corrected chi connectivity index (χ1v) is 14.2. The second-order valence-electron chi connectivity index (χ2n) is 9.20. The fraction of sp³-hybridized carbons (Fsp3) is 0.129. The average molecular weight is 590 g/mol. The monoisotopic (exact) mass is 588 g/mol. The Kier molecular flexibility index (Phi) is 6.96. The number of allylic oxidation sites excluding steroid dienone is 1. The molecule has 0 unspecified atom stereocenters. The van der Waals surface area contributed by atoms with E-state index in [0.29, 0.717) is 47.7 Å². The maximum Gasteiger partial charge on any atom is 0.338 e. The van der Waals surface area contributed by atoms with Crippen molar-refractivity contribution in [2.75, 3.05) is 6.61 Å². The van der Waals surface area contributed by atoms with Crippen molar-refractivity contribution in [1.29, 1.82) is 0 Å². The van der Waals surface area contributed by atoms with Crippen LogP contribution in [0.3, 0.4) is 0 Å². The molecule has 2 aromatic heterocycles. The van der Waals surface area contributed by atoms with E-state index in [1.54, 1.807) is 54.8 Å². The molecule has 3 aromatic carbocycles. The van der Waals surface area contributed by atoms with Crippen molar-refractivity contribution in [3.8, 4) is 11.3 Å². The molecule has 6 rings (SSSR count). The maximum atomic E-state index is 14.0. The summed E-state index contributed by atoms with van der Waals surface area (Å²) in [6, 6.07) is 21.8. The minimum absolute atomic E-state index is 0.209. The molecule has 0 fully saturated rings. The Morgan fingerprint density at radius 1 is 1.10 bits per heavy atom. The zero-order chi connectivity index (χ0) is 28.0. The summed E-state index contributed by atoms with van der Waals surface area (Å²) >= 11 is 13.6. The first-order valence-electron chi connectivity index (χ1n) is 12.6. The molecule has 0 bridgehead atoms. The number of ether oxygens (including phenoxy) is 1. The van der Waals surface area contributed by atoms with Crippen LogP contribution in [0.5, 0.6) is 0 Å². The first-order chi connectivity index (χ1) is 19.4. The van der Waals surface area contributed by atoms with E-state index >= 15 is 0 Å². The predicted molar refractivity (Wildman–Crippen MR) is 159 cm³/mol. The lowest BCUT2D eigenvalue weighted by molar-refractivity contribution is -0.139. The number of nitrogens with zero attached hydrogens (tertiary/aromatic N) is 2. The molecule has 0 amide bonds. The highest BCUT2D eigenvalue weighted by atomic mass is 35.5. The van der Waals surface area contributed by atoms with Gasteiger partial charge in [0.1, 0.15) is 11.5 Å². The molecule has 0 radical (unpaired) electrons. The summed E-state index contributed by atoms with van der Waals surface area (Å²) in [5.41, 5.74) is 2.09. The Bertz CT molecular complexity index is 2010. The van der Waals surface area contributed by atoms with Crippen LogP contribution < -0.4 is 14.9 Å². The Morgan fingerprint density at radius 3 is 2.70 bits per heavy atom. The van der Waals surface area contributed by atoms with Gasteiger partial charge < -0.3 is 9.15 Å². The average Bonchev–Trinajstić information content (AvgIpc) is 3.51. The fourth-order valence-electron chi connectivity index (χ4n) is 4.97. The van der Waals surface area contributed by atoms with Gasteiger partial charge in [-0.1, -0.05) is 77.0 Å². The van der Waals surface area contributed by atoms with Crippen LogP contribution in [0.25, 0.3) is 28.2 Å². The van der Waals surface area contributed by atoms with Crippen molar-refractivity contribution in [1.82, 2.24) is 4.57 Å². The molecular formula is C31H22Cl2N2O4S. The molecule has 3 heterocycles. The van der Waals surface area contributed by atoms with Crippen LogP contribution in [-0.2, 0) is 9.53 Å². The van der Waals surface area contributed by atoms with Gasteiger partial charge in [-0.05, 0) is 60.5 Å². The molecule has 0 spiro atoms. The third-order valence-corrected chi connectivity index (χ3v) is 8.26. The predicted octanol–water partition coefficient (Wildman–Crippen LogP) is 6.52. The van der Waals surface area contributed by atoms with Gasteiger partial charge in [-0.3, -0.25) is 9.36 Å². The molecule has 200 valence electrons. The van der Waals surface area contributed by atoms with Gasteiger partial charge in [-0.15, -0.1) is 0 Å². The molecule has 1 aliphatic heterocycles. The summed E-state index contributed by atoms with van der Waals surface area (Å²) < 4.78 is 13.4. The summed E-state index contributed by atoms with van der Waals surface area (Å²) in [4.78, 5) is 32.4. The van der Waals surface area contributed by atoms with E-state index < -0.39 is 12.0 Å². The van der Waals surface area contributed by atoms with E-state index in [9.17, 15) is 9.59 Å². The van der Waals surface area contributed by atoms with E-state index in [4.69, 9.17) is 32.4 Å². The summed E-state index contributed by atoms with van der Waals surface area (Å²) in [6.45, 7) is 3.74. The lowest BCUT2D eigenvalue weighted by Crippen LogP contribution is -2.40. The van der Waals surface area contributed by atoms with Crippen LogP contribution in [-0.4, -0.2) is 17.1 Å². The van der Waals surface area contributed by atoms with Crippen LogP contribution in [0.1, 0.15) is 31.2 Å². The Balaban J connectivity index is 1.53. The van der Waals surface area contributed by atoms with Gasteiger partial charge in [0.25, 0.3) is 5.56 Å². The molecule has 0 N–H and O–H groups in total. The maximum absolute atomic E-state index is 14.0. The molecule has 1 aliphatic rings. The third kappa shape index (κ3) is 4.60. The molecule has 1 atom stereocenters. The number of thiazole rings is 1. The number of hydrogen-bond acceptors (Lipinski definition) is 6. The van der Waals surface area contributed by atoms with Crippen molar-refractivity contribution in [2.24, 2.45) is 4.99 Å². The Hall–Kier alpha value is -3.91. The van der Waals surface area contributed by atoms with Crippen LogP contribution in [0.15, 0.2) is 98.3 Å². The highest BCUT2D eigenvalue weighted by molar-refractivity contribution is 7.07. The molecule has 0 saturated carbocycles. The van der Waals surface area contributed by atoms with E-state index in [0.717, 1.165) is 16.3 Å². The van der Waals surface area contributed by atoms with Crippen LogP contribution in [0, 0.1) is 0 Å². The quantitative estimate of drug-likeness (QED) is 0.219. The third-order valence-electron chi connectivity index (χ3n) is 6.73. The standard InChI is InChI=1S/C31H22Cl2N2O4S/c1-3-38-30(37)27-17(2)34-31-35(28(27)22-10-6-8-18-7-4-5-9-21(18)22)29(36)26(40-31)16-20-12-14-25(39-20)23-13-11-19(32)15-24(23)33/h4-16,28H,3H2,1-2H3/b26-16+/t28-/m0/s1. The minimum Gasteiger partial charge on any atom is -0.463 e. The van der Waals surface area contributed by atoms with Gasteiger partial charge in [-0.2, -0.15) is 0 Å². The molecule has 0 saturated heterocycles. The van der Waals surface area contributed by atoms with Crippen molar-refractivity contribution in [3.05, 3.63) is 125 Å². The largest absolute Gasteiger partial charge is 0.463 e. The molecule has 0 aliphatic carbocycles. The zero-order valence-corrected chi connectivity index (χ0v) is 23.8. The number of benzene rings is 3. The molecule has 5 aromatic rings. The van der Waals surface area contributed by atoms with Crippen LogP contribution >= 0.6 is 34.5 Å². The summed E-state index contributed by atoms with van der Waals surface area (Å²) in [5, 5.41) is 2.94. The lowest BCUT2D eigenvalue weighted by atomic mass is 9.91. The van der Waals surface area contributed by atoms with E-state index in [1.165, 1.54) is 11.3 Å². The first kappa shape index (κ1) is 26.3. The van der Waals surface area contributed by atoms with E-state index in [2.05, 4.69) is 4.99 Å². The van der Waals surface area contributed by atoms with Gasteiger partial charge >= 0.3 is 5.97 Å². The summed E-state index contributed by atoms with van der Waals surface area (Å²) in [6.07, 6.45) is 1.68. The number of furan rings is 1. The number of carbonyl (C=O) groups excluding carboxylic acids is 1. The molecule has 6 nitrogen and oxygen atoms in total. The number of carbonyl (C=O) groups is 1. The number of esters is 1. The minimum atomic E-state index is -0.705. The Labute approximate surface area is 243 Å². The number of hydrogen-bond donors (Lipinski definition) is 0. The summed E-state index contributed by atoms with van der Waals surface area (Å²) in [7, 11) is 0. The lowest BCUT2D eigenvalue weighted by Gasteiger charge is -2.25. The fourth-order valence-corrected chi connectivity index (χ4v) is 6.50. The second kappa shape index (κ2) is 10.6. The van der Waals surface area contributed by atoms with Gasteiger partial charge in [0.05, 0.1) is 33.5 Å². The van der Waals surface area contributed by atoms with Gasteiger partial charge in [-0.25, -0.2) is 9.79 Å². The van der Waals surface area contributed by atoms with Crippen LogP contribution in [0.2, 0.25) is 10.0 Å². The van der Waals surface area contributed by atoms with Crippen LogP contribution in [0.4, 0.5) is 0 Å². The van der Waals surface area contributed by atoms with Crippen molar-refractivity contribution < 1.29 is 13.9 Å². The van der Waals surface area contributed by atoms with Gasteiger partial charge in [0, 0.05) is 16.7 Å². The number of aromatic nitrogens is 1. The normalized spacial score (nSPS) is 15.3. The molecule has 40 heavy (non-hydrogen) atoms. The Morgan fingerprint density at radius 2 is 1.90 bits per heavy atom. The SMILES string of the molecule is CCOC(=O)C1=C(C)N=c2s/c(=C/c3ccc(-c4ccc(Cl)cc4Cl)o3)c(=O)n2[C@H]1c1cccc2ccccc12. The number of fused-ring (bicyclic) bond motifs is 2. The number of halogens is 2. The van der Waals surface area contributed by atoms with E-state index in [1.807, 2.05) is 42.5 Å². The molecule has 9 heteroatoms. The summed E-state index contributed by atoms with van der Waals surface area (Å²) in [5.74, 6) is 0.538. The van der Waals surface area contributed by atoms with E-state index in [-0.39, 0.29) is 12.2 Å². The highest BCUT2D eigenvalue weighted by Gasteiger charge is 2.34. The zero-order valence-electron chi connectivity index (χ0n) is 21.5. The smallest absolute Gasteiger partial charge is 0.338 e. The van der Waals surface area contributed by atoms with Crippen molar-refractivity contribution in [3.63, 3.8) is 0 Å².